The minimum atomic E-state index is -3.60. The lowest BCUT2D eigenvalue weighted by Crippen LogP contribution is -2.52. The molecule has 0 aliphatic carbocycles. The average molecular weight is 420 g/mol. The van der Waals surface area contributed by atoms with Gasteiger partial charge in [-0.05, 0) is 47.8 Å². The van der Waals surface area contributed by atoms with E-state index >= 15 is 0 Å². The van der Waals surface area contributed by atoms with Crippen LogP contribution in [-0.2, 0) is 10.0 Å². The maximum Gasteiger partial charge on any atom is 0.240 e. The van der Waals surface area contributed by atoms with Crippen molar-refractivity contribution in [3.8, 4) is 11.6 Å². The minimum Gasteiger partial charge on any atom is -0.508 e. The maximum absolute atomic E-state index is 12.3. The molecule has 1 saturated heterocycles. The van der Waals surface area contributed by atoms with Crippen molar-refractivity contribution in [2.75, 3.05) is 32.8 Å². The van der Waals surface area contributed by atoms with Gasteiger partial charge in [-0.2, -0.15) is 4.37 Å². The van der Waals surface area contributed by atoms with Crippen molar-refractivity contribution in [3.63, 3.8) is 0 Å². The molecule has 1 aliphatic heterocycles. The van der Waals surface area contributed by atoms with E-state index in [4.69, 9.17) is 4.74 Å². The van der Waals surface area contributed by atoms with Crippen LogP contribution in [-0.4, -0.2) is 55.6 Å². The predicted octanol–water partition coefficient (Wildman–Crippen LogP) is 2.29. The molecular formula is C19H21N3O4S2. The monoisotopic (exact) mass is 419 g/mol. The molecule has 0 atom stereocenters. The van der Waals surface area contributed by atoms with Crippen molar-refractivity contribution in [2.45, 2.75) is 4.90 Å². The molecule has 1 aliphatic rings. The molecule has 0 saturated carbocycles. The first kappa shape index (κ1) is 19.1. The summed E-state index contributed by atoms with van der Waals surface area (Å²) in [5, 5.41) is 10.5. The summed E-state index contributed by atoms with van der Waals surface area (Å²) in [7, 11) is -3.60. The average Bonchev–Trinajstić information content (AvgIpc) is 3.06. The summed E-state index contributed by atoms with van der Waals surface area (Å²) in [5.41, 5.74) is 0. The quantitative estimate of drug-likeness (QED) is 0.582. The molecule has 2 heterocycles. The zero-order valence-corrected chi connectivity index (χ0v) is 16.7. The number of phenolic OH excluding ortho intramolecular Hbond substituents is 1. The molecule has 0 spiro atoms. The van der Waals surface area contributed by atoms with E-state index in [9.17, 15) is 13.5 Å². The molecule has 0 amide bonds. The largest absolute Gasteiger partial charge is 0.508 e. The van der Waals surface area contributed by atoms with E-state index in [1.165, 1.54) is 35.8 Å². The normalized spacial score (nSPS) is 15.6. The van der Waals surface area contributed by atoms with Gasteiger partial charge >= 0.3 is 0 Å². The molecule has 7 nitrogen and oxygen atoms in total. The van der Waals surface area contributed by atoms with Crippen LogP contribution in [0.4, 0.5) is 0 Å². The summed E-state index contributed by atoms with van der Waals surface area (Å²) < 4.78 is 38.4. The van der Waals surface area contributed by atoms with Crippen molar-refractivity contribution in [2.24, 2.45) is 5.92 Å². The Morgan fingerprint density at radius 1 is 1.21 bits per heavy atom. The lowest BCUT2D eigenvalue weighted by Gasteiger charge is -2.39. The number of hydrogen-bond acceptors (Lipinski definition) is 7. The van der Waals surface area contributed by atoms with Crippen LogP contribution in [0.3, 0.4) is 0 Å². The number of benzene rings is 2. The van der Waals surface area contributed by atoms with Crippen LogP contribution in [0.5, 0.6) is 11.6 Å². The summed E-state index contributed by atoms with van der Waals surface area (Å²) in [6.45, 7) is 3.36. The van der Waals surface area contributed by atoms with Crippen molar-refractivity contribution in [1.82, 2.24) is 14.0 Å². The van der Waals surface area contributed by atoms with Crippen molar-refractivity contribution >= 4 is 31.6 Å². The molecule has 0 radical (unpaired) electrons. The van der Waals surface area contributed by atoms with Crippen molar-refractivity contribution in [3.05, 3.63) is 48.5 Å². The van der Waals surface area contributed by atoms with Crippen LogP contribution in [0.1, 0.15) is 0 Å². The third-order valence-corrected chi connectivity index (χ3v) is 6.94. The highest BCUT2D eigenvalue weighted by Gasteiger charge is 2.28. The number of fused-ring (bicyclic) bond motifs is 1. The Bertz CT molecular complexity index is 1060. The summed E-state index contributed by atoms with van der Waals surface area (Å²) in [5.74, 6) is 0.884. The first-order valence-corrected chi connectivity index (χ1v) is 11.3. The van der Waals surface area contributed by atoms with Gasteiger partial charge in [0.1, 0.15) is 12.4 Å². The van der Waals surface area contributed by atoms with Crippen LogP contribution in [0, 0.1) is 5.92 Å². The zero-order valence-electron chi connectivity index (χ0n) is 15.1. The molecule has 3 aromatic rings. The number of nitrogens with zero attached hydrogens (tertiary/aromatic N) is 2. The highest BCUT2D eigenvalue weighted by Crippen LogP contribution is 2.28. The standard InChI is InChI=1S/C19H21N3O4S2/c23-15-4-3-5-16(10-15)28(24,25)20-11-14-12-22(13-14)8-9-26-19-17-6-1-2-7-18(17)27-21-19/h1-7,10,14,20,23H,8-9,11-13H2. The van der Waals surface area contributed by atoms with Gasteiger partial charge in [0.25, 0.3) is 0 Å². The number of ether oxygens (including phenoxy) is 1. The van der Waals surface area contributed by atoms with E-state index in [2.05, 4.69) is 14.0 Å². The van der Waals surface area contributed by atoms with Gasteiger partial charge in [-0.3, -0.25) is 4.90 Å². The third-order valence-electron chi connectivity index (χ3n) is 4.71. The van der Waals surface area contributed by atoms with Crippen LogP contribution < -0.4 is 9.46 Å². The maximum atomic E-state index is 12.3. The molecule has 28 heavy (non-hydrogen) atoms. The molecule has 148 valence electrons. The van der Waals surface area contributed by atoms with Gasteiger partial charge in [0.15, 0.2) is 0 Å². The molecule has 2 aromatic carbocycles. The van der Waals surface area contributed by atoms with Crippen LogP contribution in [0.15, 0.2) is 53.4 Å². The molecule has 0 unspecified atom stereocenters. The number of aromatic hydroxyl groups is 1. The first-order chi connectivity index (χ1) is 13.5. The molecule has 0 bridgehead atoms. The van der Waals surface area contributed by atoms with Crippen molar-refractivity contribution < 1.29 is 18.3 Å². The van der Waals surface area contributed by atoms with Crippen molar-refractivity contribution in [1.29, 1.82) is 0 Å². The second-order valence-corrected chi connectivity index (χ2v) is 9.38. The summed E-state index contributed by atoms with van der Waals surface area (Å²) >= 11 is 1.43. The second-order valence-electron chi connectivity index (χ2n) is 6.81. The zero-order chi connectivity index (χ0) is 19.6. The SMILES string of the molecule is O=S(=O)(NCC1CN(CCOc2nsc3ccccc23)C1)c1cccc(O)c1. The number of phenols is 1. The predicted molar refractivity (Wildman–Crippen MR) is 108 cm³/mol. The first-order valence-electron chi connectivity index (χ1n) is 8.99. The summed E-state index contributed by atoms with van der Waals surface area (Å²) in [6, 6.07) is 13.7. The third kappa shape index (κ3) is 4.27. The topological polar surface area (TPSA) is 91.8 Å². The minimum absolute atomic E-state index is 0.0643. The Morgan fingerprint density at radius 2 is 2.04 bits per heavy atom. The summed E-state index contributed by atoms with van der Waals surface area (Å²) in [4.78, 5) is 2.30. The molecule has 1 fully saturated rings. The van der Waals surface area contributed by atoms with E-state index in [0.717, 1.165) is 29.7 Å². The Kier molecular flexibility index (Phi) is 5.49. The van der Waals surface area contributed by atoms with Gasteiger partial charge < -0.3 is 9.84 Å². The van der Waals surface area contributed by atoms with E-state index in [-0.39, 0.29) is 16.6 Å². The fourth-order valence-electron chi connectivity index (χ4n) is 3.19. The van der Waals surface area contributed by atoms with E-state index in [0.29, 0.717) is 19.0 Å². The highest BCUT2D eigenvalue weighted by atomic mass is 32.2. The molecule has 2 N–H and O–H groups in total. The lowest BCUT2D eigenvalue weighted by molar-refractivity contribution is 0.0850. The molecule has 1 aromatic heterocycles. The van der Waals surface area contributed by atoms with E-state index in [1.807, 2.05) is 24.3 Å². The Labute approximate surface area is 167 Å². The van der Waals surface area contributed by atoms with Crippen LogP contribution in [0.25, 0.3) is 10.1 Å². The number of hydrogen-bond donors (Lipinski definition) is 2. The number of nitrogens with one attached hydrogen (secondary N) is 1. The smallest absolute Gasteiger partial charge is 0.240 e. The fourth-order valence-corrected chi connectivity index (χ4v) is 5.07. The van der Waals surface area contributed by atoms with Gasteiger partial charge in [-0.25, -0.2) is 13.1 Å². The number of sulfonamides is 1. The Morgan fingerprint density at radius 3 is 2.86 bits per heavy atom. The molecule has 4 rings (SSSR count). The van der Waals surface area contributed by atoms with Gasteiger partial charge in [0, 0.05) is 26.2 Å². The highest BCUT2D eigenvalue weighted by molar-refractivity contribution is 7.89. The second kappa shape index (κ2) is 8.04. The van der Waals surface area contributed by atoms with Crippen LogP contribution >= 0.6 is 11.5 Å². The molecule has 9 heteroatoms. The van der Waals surface area contributed by atoms with Gasteiger partial charge in [-0.15, -0.1) is 0 Å². The molecular weight excluding hydrogens is 398 g/mol. The van der Waals surface area contributed by atoms with Gasteiger partial charge in [0.2, 0.25) is 15.9 Å². The van der Waals surface area contributed by atoms with Crippen LogP contribution in [0.2, 0.25) is 0 Å². The lowest BCUT2D eigenvalue weighted by atomic mass is 10.0. The number of aromatic nitrogens is 1. The Balaban J connectivity index is 1.19. The summed E-state index contributed by atoms with van der Waals surface area (Å²) in [6.07, 6.45) is 0. The van der Waals surface area contributed by atoms with Gasteiger partial charge in [0.05, 0.1) is 15.0 Å². The number of rotatable bonds is 8. The number of likely N-dealkylation sites (tertiary alicyclic amines) is 1. The Hall–Kier alpha value is -2.20. The van der Waals surface area contributed by atoms with E-state index in [1.54, 1.807) is 0 Å². The fraction of sp³-hybridized carbons (Fsp3) is 0.316. The van der Waals surface area contributed by atoms with E-state index < -0.39 is 10.0 Å². The van der Waals surface area contributed by atoms with Gasteiger partial charge in [-0.1, -0.05) is 18.2 Å².